The predicted octanol–water partition coefficient (Wildman–Crippen LogP) is 4.23. The Morgan fingerprint density at radius 3 is 1.35 bits per heavy atom. The van der Waals surface area contributed by atoms with Gasteiger partial charge in [0.05, 0.1) is 17.2 Å². The zero-order chi connectivity index (χ0) is 18.2. The molecule has 2 nitrogen and oxygen atoms in total. The average Bonchev–Trinajstić information content (AvgIpc) is 2.72. The molecule has 0 fully saturated rings. The van der Waals surface area contributed by atoms with Crippen LogP contribution in [0.25, 0.3) is 0 Å². The van der Waals surface area contributed by atoms with Gasteiger partial charge in [0.15, 0.2) is 0 Å². The molecule has 0 radical (unpaired) electrons. The summed E-state index contributed by atoms with van der Waals surface area (Å²) in [5.41, 5.74) is 4.32. The Morgan fingerprint density at radius 2 is 0.846 bits per heavy atom. The second kappa shape index (κ2) is 8.04. The smallest absolute Gasteiger partial charge is 0.100 e. The molecule has 0 spiro atoms. The molecule has 118 valence electrons. The van der Waals surface area contributed by atoms with Crippen LogP contribution in [-0.4, -0.2) is 0 Å². The van der Waals surface area contributed by atoms with Crippen LogP contribution in [0, 0.1) is 46.3 Å². The highest BCUT2D eigenvalue weighted by molar-refractivity contribution is 5.56. The Hall–Kier alpha value is -4.24. The molecule has 2 heteroatoms. The van der Waals surface area contributed by atoms with Crippen LogP contribution in [0.2, 0.25) is 0 Å². The standard InChI is InChI=1S/C24H12N2/c25-17-20-11-9-19(10-12-20)13-14-21-5-1-2-6-22(21)15-16-23-7-3-4-8-24(23)18-26/h1-12H. The normalized spacial score (nSPS) is 8.85. The van der Waals surface area contributed by atoms with E-state index in [1.54, 1.807) is 18.2 Å². The van der Waals surface area contributed by atoms with Gasteiger partial charge in [-0.3, -0.25) is 0 Å². The average molecular weight is 328 g/mol. The van der Waals surface area contributed by atoms with Crippen molar-refractivity contribution in [2.45, 2.75) is 0 Å². The van der Waals surface area contributed by atoms with E-state index in [4.69, 9.17) is 10.5 Å². The Morgan fingerprint density at radius 1 is 0.423 bits per heavy atom. The van der Waals surface area contributed by atoms with Gasteiger partial charge in [-0.2, -0.15) is 10.5 Å². The monoisotopic (exact) mass is 328 g/mol. The highest BCUT2D eigenvalue weighted by Gasteiger charge is 1.98. The molecule has 0 aromatic heterocycles. The Kier molecular flexibility index (Phi) is 5.13. The molecule has 0 aliphatic carbocycles. The van der Waals surface area contributed by atoms with Crippen LogP contribution in [0.3, 0.4) is 0 Å². The fourth-order valence-corrected chi connectivity index (χ4v) is 2.29. The van der Waals surface area contributed by atoms with E-state index < -0.39 is 0 Å². The predicted molar refractivity (Wildman–Crippen MR) is 101 cm³/mol. The zero-order valence-corrected chi connectivity index (χ0v) is 13.8. The molecule has 0 amide bonds. The van der Waals surface area contributed by atoms with Crippen LogP contribution < -0.4 is 0 Å². The topological polar surface area (TPSA) is 47.6 Å². The zero-order valence-electron chi connectivity index (χ0n) is 13.8. The lowest BCUT2D eigenvalue weighted by Gasteiger charge is -1.96. The van der Waals surface area contributed by atoms with Crippen molar-refractivity contribution in [3.63, 3.8) is 0 Å². The molecule has 0 aliphatic heterocycles. The second-order valence-corrected chi connectivity index (χ2v) is 5.39. The molecular weight excluding hydrogens is 316 g/mol. The number of rotatable bonds is 0. The SMILES string of the molecule is N#Cc1ccc(C#Cc2ccccc2C#Cc2ccccc2C#N)cc1. The third-order valence-electron chi connectivity index (χ3n) is 3.66. The number of nitriles is 2. The number of hydrogen-bond acceptors (Lipinski definition) is 2. The van der Waals surface area contributed by atoms with Gasteiger partial charge in [0.25, 0.3) is 0 Å². The first-order valence-corrected chi connectivity index (χ1v) is 7.92. The molecule has 0 N–H and O–H groups in total. The lowest BCUT2D eigenvalue weighted by Crippen LogP contribution is -1.85. The lowest BCUT2D eigenvalue weighted by molar-refractivity contribution is 1.47. The largest absolute Gasteiger partial charge is 0.192 e. The van der Waals surface area contributed by atoms with E-state index in [0.717, 1.165) is 16.7 Å². The van der Waals surface area contributed by atoms with Crippen molar-refractivity contribution in [1.29, 1.82) is 10.5 Å². The van der Waals surface area contributed by atoms with Crippen LogP contribution in [0.4, 0.5) is 0 Å². The minimum absolute atomic E-state index is 0.557. The van der Waals surface area contributed by atoms with E-state index in [9.17, 15) is 0 Å². The van der Waals surface area contributed by atoms with Crippen LogP contribution in [-0.2, 0) is 0 Å². The molecule has 0 bridgehead atoms. The van der Waals surface area contributed by atoms with E-state index in [1.165, 1.54) is 0 Å². The summed E-state index contributed by atoms with van der Waals surface area (Å²) in [5, 5.41) is 18.0. The molecule has 0 saturated heterocycles. The van der Waals surface area contributed by atoms with Gasteiger partial charge in [-0.25, -0.2) is 0 Å². The summed E-state index contributed by atoms with van der Waals surface area (Å²) in [6, 6.07) is 26.3. The van der Waals surface area contributed by atoms with E-state index in [1.807, 2.05) is 54.6 Å². The van der Waals surface area contributed by atoms with Crippen molar-refractivity contribution in [3.05, 3.63) is 106 Å². The molecule has 0 unspecified atom stereocenters. The fraction of sp³-hybridized carbons (Fsp3) is 0. The fourth-order valence-electron chi connectivity index (χ4n) is 2.29. The first-order valence-electron chi connectivity index (χ1n) is 7.92. The third-order valence-corrected chi connectivity index (χ3v) is 3.66. The third kappa shape index (κ3) is 3.99. The summed E-state index contributed by atoms with van der Waals surface area (Å²) in [5.74, 6) is 12.4. The molecule has 3 aromatic carbocycles. The van der Waals surface area contributed by atoms with Gasteiger partial charge in [-0.1, -0.05) is 47.9 Å². The van der Waals surface area contributed by atoms with Crippen LogP contribution in [0.5, 0.6) is 0 Å². The maximum atomic E-state index is 9.16. The summed E-state index contributed by atoms with van der Waals surface area (Å²) in [7, 11) is 0. The van der Waals surface area contributed by atoms with Crippen LogP contribution in [0.15, 0.2) is 72.8 Å². The summed E-state index contributed by atoms with van der Waals surface area (Å²) >= 11 is 0. The number of nitrogens with zero attached hydrogens (tertiary/aromatic N) is 2. The molecule has 3 rings (SSSR count). The highest BCUT2D eigenvalue weighted by atomic mass is 14.2. The van der Waals surface area contributed by atoms with E-state index in [2.05, 4.69) is 35.8 Å². The molecule has 3 aromatic rings. The number of benzene rings is 3. The summed E-state index contributed by atoms with van der Waals surface area (Å²) in [6.07, 6.45) is 0. The summed E-state index contributed by atoms with van der Waals surface area (Å²) in [6.45, 7) is 0. The Balaban J connectivity index is 1.93. The molecular formula is C24H12N2. The first-order chi connectivity index (χ1) is 12.8. The first kappa shape index (κ1) is 16.6. The van der Waals surface area contributed by atoms with E-state index in [0.29, 0.717) is 16.7 Å². The molecule has 26 heavy (non-hydrogen) atoms. The molecule has 0 aliphatic rings. The van der Waals surface area contributed by atoms with Gasteiger partial charge in [-0.05, 0) is 48.5 Å². The molecule has 0 heterocycles. The lowest BCUT2D eigenvalue weighted by atomic mass is 10.1. The van der Waals surface area contributed by atoms with Gasteiger partial charge < -0.3 is 0 Å². The van der Waals surface area contributed by atoms with Crippen LogP contribution in [0.1, 0.15) is 33.4 Å². The second-order valence-electron chi connectivity index (χ2n) is 5.39. The van der Waals surface area contributed by atoms with Gasteiger partial charge in [0, 0.05) is 22.3 Å². The van der Waals surface area contributed by atoms with Crippen molar-refractivity contribution in [2.75, 3.05) is 0 Å². The van der Waals surface area contributed by atoms with Crippen LogP contribution >= 0.6 is 0 Å². The quantitative estimate of drug-likeness (QED) is 0.580. The molecule has 0 saturated carbocycles. The summed E-state index contributed by atoms with van der Waals surface area (Å²) < 4.78 is 0. The Labute approximate surface area is 153 Å². The highest BCUT2D eigenvalue weighted by Crippen LogP contribution is 2.09. The van der Waals surface area contributed by atoms with Crippen molar-refractivity contribution in [2.24, 2.45) is 0 Å². The van der Waals surface area contributed by atoms with Gasteiger partial charge in [0.1, 0.15) is 6.07 Å². The van der Waals surface area contributed by atoms with Crippen molar-refractivity contribution >= 4 is 0 Å². The van der Waals surface area contributed by atoms with E-state index >= 15 is 0 Å². The minimum atomic E-state index is 0.557. The van der Waals surface area contributed by atoms with Gasteiger partial charge in [-0.15, -0.1) is 0 Å². The maximum Gasteiger partial charge on any atom is 0.100 e. The maximum absolute atomic E-state index is 9.16. The number of hydrogen-bond donors (Lipinski definition) is 0. The van der Waals surface area contributed by atoms with Gasteiger partial charge in [0.2, 0.25) is 0 Å². The van der Waals surface area contributed by atoms with Gasteiger partial charge >= 0.3 is 0 Å². The van der Waals surface area contributed by atoms with Crippen molar-refractivity contribution in [3.8, 4) is 35.8 Å². The van der Waals surface area contributed by atoms with E-state index in [-0.39, 0.29) is 0 Å². The molecule has 0 atom stereocenters. The Bertz CT molecular complexity index is 1150. The minimum Gasteiger partial charge on any atom is -0.192 e. The summed E-state index contributed by atoms with van der Waals surface area (Å²) in [4.78, 5) is 0. The van der Waals surface area contributed by atoms with Crippen molar-refractivity contribution < 1.29 is 0 Å². The van der Waals surface area contributed by atoms with Crippen molar-refractivity contribution in [1.82, 2.24) is 0 Å².